The summed E-state index contributed by atoms with van der Waals surface area (Å²) in [7, 11) is 1.87. The van der Waals surface area contributed by atoms with Gasteiger partial charge in [-0.3, -0.25) is 0 Å². The van der Waals surface area contributed by atoms with Crippen LogP contribution in [0.3, 0.4) is 0 Å². The van der Waals surface area contributed by atoms with E-state index in [9.17, 15) is 0 Å². The van der Waals surface area contributed by atoms with E-state index in [1.807, 2.05) is 14.0 Å². The second kappa shape index (κ2) is 7.87. The maximum Gasteiger partial charge on any atom is 0.134 e. The van der Waals surface area contributed by atoms with Gasteiger partial charge >= 0.3 is 0 Å². The van der Waals surface area contributed by atoms with Gasteiger partial charge in [0.05, 0.1) is 0 Å². The predicted octanol–water partition coefficient (Wildman–Crippen LogP) is 1.97. The summed E-state index contributed by atoms with van der Waals surface area (Å²) in [6.45, 7) is 10.6. The van der Waals surface area contributed by atoms with E-state index in [0.717, 1.165) is 43.4 Å². The quantitative estimate of drug-likeness (QED) is 0.740. The van der Waals surface area contributed by atoms with Crippen LogP contribution in [0.1, 0.15) is 25.8 Å². The lowest BCUT2D eigenvalue weighted by Gasteiger charge is -2.20. The normalized spacial score (nSPS) is 10.7. The van der Waals surface area contributed by atoms with Gasteiger partial charge in [0.1, 0.15) is 18.0 Å². The highest BCUT2D eigenvalue weighted by atomic mass is 15.1. The average molecular weight is 251 g/mol. The molecule has 1 rings (SSSR count). The first-order valence-electron chi connectivity index (χ1n) is 6.68. The summed E-state index contributed by atoms with van der Waals surface area (Å²) < 4.78 is 0. The maximum atomic E-state index is 4.27. The van der Waals surface area contributed by atoms with Crippen LogP contribution in [-0.4, -0.2) is 48.1 Å². The van der Waals surface area contributed by atoms with E-state index in [1.54, 1.807) is 6.33 Å². The van der Waals surface area contributed by atoms with E-state index in [2.05, 4.69) is 39.3 Å². The van der Waals surface area contributed by atoms with Crippen molar-refractivity contribution < 1.29 is 0 Å². The Bertz CT molecular complexity index is 353. The summed E-state index contributed by atoms with van der Waals surface area (Å²) in [5, 5.41) is 6.44. The van der Waals surface area contributed by atoms with Gasteiger partial charge in [0, 0.05) is 25.7 Å². The van der Waals surface area contributed by atoms with Crippen molar-refractivity contribution in [3.8, 4) is 0 Å². The molecule has 0 radical (unpaired) electrons. The van der Waals surface area contributed by atoms with Crippen LogP contribution in [-0.2, 0) is 0 Å². The molecule has 1 heterocycles. The van der Waals surface area contributed by atoms with Gasteiger partial charge in [0.2, 0.25) is 0 Å². The fourth-order valence-electron chi connectivity index (χ4n) is 1.96. The third-order valence-electron chi connectivity index (χ3n) is 3.03. The van der Waals surface area contributed by atoms with Gasteiger partial charge in [-0.25, -0.2) is 9.97 Å². The van der Waals surface area contributed by atoms with Gasteiger partial charge in [-0.1, -0.05) is 13.8 Å². The molecule has 0 fully saturated rings. The molecule has 1 aromatic heterocycles. The Morgan fingerprint density at radius 1 is 1.17 bits per heavy atom. The molecule has 0 bridgehead atoms. The topological polar surface area (TPSA) is 53.1 Å². The second-order valence-corrected chi connectivity index (χ2v) is 4.31. The molecule has 18 heavy (non-hydrogen) atoms. The van der Waals surface area contributed by atoms with Crippen LogP contribution in [0.25, 0.3) is 0 Å². The largest absolute Gasteiger partial charge is 0.373 e. The summed E-state index contributed by atoms with van der Waals surface area (Å²) in [6, 6.07) is 0. The number of likely N-dealkylation sites (N-methyl/N-ethyl adjacent to an activating group) is 1. The number of aromatic nitrogens is 2. The number of hydrogen-bond donors (Lipinski definition) is 2. The van der Waals surface area contributed by atoms with Crippen molar-refractivity contribution in [2.75, 3.05) is 43.9 Å². The smallest absolute Gasteiger partial charge is 0.134 e. The molecule has 0 saturated heterocycles. The molecule has 0 atom stereocenters. The molecule has 0 aromatic carbocycles. The summed E-state index contributed by atoms with van der Waals surface area (Å²) in [6.07, 6.45) is 2.79. The molecular formula is C13H25N5. The molecule has 2 N–H and O–H groups in total. The van der Waals surface area contributed by atoms with Crippen LogP contribution < -0.4 is 10.6 Å². The van der Waals surface area contributed by atoms with E-state index < -0.39 is 0 Å². The van der Waals surface area contributed by atoms with Crippen LogP contribution in [0.15, 0.2) is 6.33 Å². The van der Waals surface area contributed by atoms with Crippen LogP contribution in [0.5, 0.6) is 0 Å². The van der Waals surface area contributed by atoms with Crippen molar-refractivity contribution in [1.29, 1.82) is 0 Å². The molecule has 5 nitrogen and oxygen atoms in total. The van der Waals surface area contributed by atoms with Gasteiger partial charge in [-0.15, -0.1) is 0 Å². The zero-order valence-corrected chi connectivity index (χ0v) is 12.0. The lowest BCUT2D eigenvalue weighted by molar-refractivity contribution is 0.300. The standard InChI is InChI=1S/C13H25N5/c1-5-8-18(6-2)9-7-15-13-11(3)12(14-4)16-10-17-13/h10H,5-9H2,1-4H3,(H2,14,15,16,17). The zero-order valence-electron chi connectivity index (χ0n) is 12.0. The van der Waals surface area contributed by atoms with Crippen molar-refractivity contribution in [2.45, 2.75) is 27.2 Å². The first kappa shape index (κ1) is 14.7. The minimum Gasteiger partial charge on any atom is -0.373 e. The van der Waals surface area contributed by atoms with Crippen LogP contribution >= 0.6 is 0 Å². The highest BCUT2D eigenvalue weighted by Crippen LogP contribution is 2.16. The molecule has 5 heteroatoms. The number of anilines is 2. The second-order valence-electron chi connectivity index (χ2n) is 4.31. The van der Waals surface area contributed by atoms with Gasteiger partial charge in [-0.2, -0.15) is 0 Å². The summed E-state index contributed by atoms with van der Waals surface area (Å²) >= 11 is 0. The van der Waals surface area contributed by atoms with Crippen molar-refractivity contribution in [1.82, 2.24) is 14.9 Å². The van der Waals surface area contributed by atoms with Crippen molar-refractivity contribution in [3.63, 3.8) is 0 Å². The first-order valence-corrected chi connectivity index (χ1v) is 6.68. The Hall–Kier alpha value is -1.36. The lowest BCUT2D eigenvalue weighted by Crippen LogP contribution is -2.29. The van der Waals surface area contributed by atoms with Gasteiger partial charge < -0.3 is 15.5 Å². The minimum atomic E-state index is 0.883. The van der Waals surface area contributed by atoms with Crippen molar-refractivity contribution in [3.05, 3.63) is 11.9 Å². The fourth-order valence-corrected chi connectivity index (χ4v) is 1.96. The number of nitrogens with one attached hydrogen (secondary N) is 2. The third-order valence-corrected chi connectivity index (χ3v) is 3.03. The Kier molecular flexibility index (Phi) is 6.43. The lowest BCUT2D eigenvalue weighted by atomic mass is 10.3. The monoisotopic (exact) mass is 251 g/mol. The maximum absolute atomic E-state index is 4.27. The van der Waals surface area contributed by atoms with E-state index >= 15 is 0 Å². The van der Waals surface area contributed by atoms with Gasteiger partial charge in [0.15, 0.2) is 0 Å². The van der Waals surface area contributed by atoms with Gasteiger partial charge in [0.25, 0.3) is 0 Å². The van der Waals surface area contributed by atoms with E-state index in [1.165, 1.54) is 6.42 Å². The molecule has 0 spiro atoms. The number of hydrogen-bond acceptors (Lipinski definition) is 5. The SMILES string of the molecule is CCCN(CC)CCNc1ncnc(NC)c1C. The third kappa shape index (κ3) is 4.14. The van der Waals surface area contributed by atoms with E-state index in [4.69, 9.17) is 0 Å². The van der Waals surface area contributed by atoms with Crippen LogP contribution in [0.4, 0.5) is 11.6 Å². The Morgan fingerprint density at radius 2 is 1.89 bits per heavy atom. The molecule has 0 aliphatic carbocycles. The van der Waals surface area contributed by atoms with Gasteiger partial charge in [-0.05, 0) is 26.4 Å². The van der Waals surface area contributed by atoms with Crippen molar-refractivity contribution in [2.24, 2.45) is 0 Å². The minimum absolute atomic E-state index is 0.883. The summed E-state index contributed by atoms with van der Waals surface area (Å²) in [4.78, 5) is 10.9. The van der Waals surface area contributed by atoms with E-state index in [0.29, 0.717) is 0 Å². The molecular weight excluding hydrogens is 226 g/mol. The fraction of sp³-hybridized carbons (Fsp3) is 0.692. The van der Waals surface area contributed by atoms with Crippen LogP contribution in [0.2, 0.25) is 0 Å². The summed E-state index contributed by atoms with van der Waals surface area (Å²) in [5.74, 6) is 1.80. The highest BCUT2D eigenvalue weighted by molar-refractivity contribution is 5.55. The number of rotatable bonds is 8. The highest BCUT2D eigenvalue weighted by Gasteiger charge is 2.05. The molecule has 1 aromatic rings. The van der Waals surface area contributed by atoms with Crippen molar-refractivity contribution >= 4 is 11.6 Å². The molecule has 0 saturated carbocycles. The molecule has 0 aliphatic rings. The Labute approximate surface area is 110 Å². The van der Waals surface area contributed by atoms with E-state index in [-0.39, 0.29) is 0 Å². The average Bonchev–Trinajstić information content (AvgIpc) is 2.39. The Balaban J connectivity index is 2.48. The molecule has 0 amide bonds. The first-order chi connectivity index (χ1) is 8.72. The molecule has 102 valence electrons. The van der Waals surface area contributed by atoms with Crippen LogP contribution in [0, 0.1) is 6.92 Å². The molecule has 0 unspecified atom stereocenters. The zero-order chi connectivity index (χ0) is 13.4. The predicted molar refractivity (Wildman–Crippen MR) is 77.2 cm³/mol. The Morgan fingerprint density at radius 3 is 2.50 bits per heavy atom. The summed E-state index contributed by atoms with van der Waals surface area (Å²) in [5.41, 5.74) is 1.07. The number of nitrogens with zero attached hydrogens (tertiary/aromatic N) is 3. The molecule has 0 aliphatic heterocycles.